The number of thiazole rings is 1. The summed E-state index contributed by atoms with van der Waals surface area (Å²) in [7, 11) is 0. The highest BCUT2D eigenvalue weighted by Crippen LogP contribution is 2.23. The molecule has 1 amide bonds. The van der Waals surface area contributed by atoms with E-state index >= 15 is 0 Å². The Morgan fingerprint density at radius 3 is 2.73 bits per heavy atom. The Kier molecular flexibility index (Phi) is 4.11. The summed E-state index contributed by atoms with van der Waals surface area (Å²) in [6, 6.07) is 12.9. The maximum atomic E-state index is 12.0. The minimum absolute atomic E-state index is 0.128. The molecule has 3 N–H and O–H groups in total. The zero-order valence-electron chi connectivity index (χ0n) is 11.7. The van der Waals surface area contributed by atoms with Crippen LogP contribution in [0.2, 0.25) is 0 Å². The first-order valence-corrected chi connectivity index (χ1v) is 7.60. The highest BCUT2D eigenvalue weighted by Gasteiger charge is 2.09. The quantitative estimate of drug-likeness (QED) is 0.726. The Morgan fingerprint density at radius 2 is 2.00 bits per heavy atom. The van der Waals surface area contributed by atoms with E-state index in [1.165, 1.54) is 11.3 Å². The average molecular weight is 310 g/mol. The summed E-state index contributed by atoms with van der Waals surface area (Å²) < 4.78 is 0. The predicted octanol–water partition coefficient (Wildman–Crippen LogP) is 2.97. The van der Waals surface area contributed by atoms with Crippen LogP contribution in [0.15, 0.2) is 54.0 Å². The molecule has 2 heterocycles. The number of benzene rings is 1. The molecule has 0 spiro atoms. The molecule has 1 aromatic carbocycles. The van der Waals surface area contributed by atoms with Crippen molar-refractivity contribution in [1.29, 1.82) is 0 Å². The van der Waals surface area contributed by atoms with Gasteiger partial charge in [0.05, 0.1) is 12.1 Å². The summed E-state index contributed by atoms with van der Waals surface area (Å²) in [5, 5.41) is 5.45. The molecule has 0 aliphatic heterocycles. The lowest BCUT2D eigenvalue weighted by molar-refractivity contribution is -0.115. The van der Waals surface area contributed by atoms with Crippen LogP contribution in [-0.4, -0.2) is 15.9 Å². The highest BCUT2D eigenvalue weighted by molar-refractivity contribution is 7.10. The van der Waals surface area contributed by atoms with E-state index in [1.54, 1.807) is 18.3 Å². The van der Waals surface area contributed by atoms with Crippen molar-refractivity contribution in [3.8, 4) is 11.3 Å². The van der Waals surface area contributed by atoms with Crippen molar-refractivity contribution >= 4 is 28.7 Å². The van der Waals surface area contributed by atoms with Gasteiger partial charge in [-0.05, 0) is 24.3 Å². The van der Waals surface area contributed by atoms with Crippen LogP contribution in [0, 0.1) is 0 Å². The van der Waals surface area contributed by atoms with Gasteiger partial charge in [-0.3, -0.25) is 4.79 Å². The van der Waals surface area contributed by atoms with Gasteiger partial charge in [-0.15, -0.1) is 11.3 Å². The third-order valence-electron chi connectivity index (χ3n) is 3.00. The van der Waals surface area contributed by atoms with Crippen molar-refractivity contribution in [2.75, 3.05) is 11.1 Å². The third kappa shape index (κ3) is 3.48. The maximum absolute atomic E-state index is 12.0. The first kappa shape index (κ1) is 14.2. The van der Waals surface area contributed by atoms with Crippen molar-refractivity contribution in [1.82, 2.24) is 9.97 Å². The van der Waals surface area contributed by atoms with Gasteiger partial charge in [0, 0.05) is 22.8 Å². The Bertz CT molecular complexity index is 768. The fourth-order valence-corrected chi connectivity index (χ4v) is 2.74. The molecule has 3 rings (SSSR count). The van der Waals surface area contributed by atoms with Crippen LogP contribution >= 0.6 is 11.3 Å². The lowest BCUT2D eigenvalue weighted by Crippen LogP contribution is -2.15. The van der Waals surface area contributed by atoms with Crippen molar-refractivity contribution < 1.29 is 4.79 Å². The van der Waals surface area contributed by atoms with Gasteiger partial charge in [0.15, 0.2) is 0 Å². The Hall–Kier alpha value is -2.73. The number of carbonyl (C=O) groups is 1. The second-order valence-electron chi connectivity index (χ2n) is 4.69. The molecule has 2 aromatic heterocycles. The molecule has 0 aliphatic rings. The SMILES string of the molecule is Nc1ccc(-c2csc(CC(=O)Nc3ccccn3)n2)cc1. The summed E-state index contributed by atoms with van der Waals surface area (Å²) in [4.78, 5) is 20.5. The minimum atomic E-state index is -0.128. The standard InChI is InChI=1S/C16H14N4OS/c17-12-6-4-11(5-7-12)13-10-22-16(19-13)9-15(21)20-14-3-1-2-8-18-14/h1-8,10H,9,17H2,(H,18,20,21). The van der Waals surface area contributed by atoms with Gasteiger partial charge in [-0.25, -0.2) is 9.97 Å². The molecule has 0 bridgehead atoms. The van der Waals surface area contributed by atoms with Crippen LogP contribution in [-0.2, 0) is 11.2 Å². The van der Waals surface area contributed by atoms with Crippen LogP contribution in [0.1, 0.15) is 5.01 Å². The average Bonchev–Trinajstić information content (AvgIpc) is 2.97. The molecule has 6 heteroatoms. The van der Waals surface area contributed by atoms with Crippen LogP contribution in [0.4, 0.5) is 11.5 Å². The van der Waals surface area contributed by atoms with E-state index in [9.17, 15) is 4.79 Å². The fourth-order valence-electron chi connectivity index (χ4n) is 1.94. The first-order chi connectivity index (χ1) is 10.7. The number of amides is 1. The summed E-state index contributed by atoms with van der Waals surface area (Å²) >= 11 is 1.46. The molecule has 0 unspecified atom stereocenters. The second kappa shape index (κ2) is 6.36. The fraction of sp³-hybridized carbons (Fsp3) is 0.0625. The van der Waals surface area contributed by atoms with Crippen molar-refractivity contribution in [2.45, 2.75) is 6.42 Å². The Labute approximate surface area is 131 Å². The molecule has 0 aliphatic carbocycles. The number of pyridine rings is 1. The van der Waals surface area contributed by atoms with E-state index < -0.39 is 0 Å². The molecule has 0 fully saturated rings. The lowest BCUT2D eigenvalue weighted by atomic mass is 10.1. The third-order valence-corrected chi connectivity index (χ3v) is 3.85. The lowest BCUT2D eigenvalue weighted by Gasteiger charge is -2.01. The number of nitrogens with zero attached hydrogens (tertiary/aromatic N) is 2. The second-order valence-corrected chi connectivity index (χ2v) is 5.63. The van der Waals surface area contributed by atoms with Crippen molar-refractivity contribution in [2.24, 2.45) is 0 Å². The van der Waals surface area contributed by atoms with Gasteiger partial charge in [0.2, 0.25) is 5.91 Å². The number of nitrogens with two attached hydrogens (primary N) is 1. The molecule has 0 atom stereocenters. The zero-order chi connectivity index (χ0) is 15.4. The monoisotopic (exact) mass is 310 g/mol. The highest BCUT2D eigenvalue weighted by atomic mass is 32.1. The van der Waals surface area contributed by atoms with E-state index in [0.29, 0.717) is 11.5 Å². The van der Waals surface area contributed by atoms with Gasteiger partial charge < -0.3 is 11.1 Å². The molecule has 0 saturated heterocycles. The molecule has 3 aromatic rings. The number of carbonyl (C=O) groups excluding carboxylic acids is 1. The van der Waals surface area contributed by atoms with E-state index in [-0.39, 0.29) is 12.3 Å². The molecule has 0 radical (unpaired) electrons. The number of anilines is 2. The molecular formula is C16H14N4OS. The van der Waals surface area contributed by atoms with Gasteiger partial charge in [0.1, 0.15) is 10.8 Å². The molecule has 5 nitrogen and oxygen atoms in total. The topological polar surface area (TPSA) is 80.9 Å². The predicted molar refractivity (Wildman–Crippen MR) is 88.5 cm³/mol. The van der Waals surface area contributed by atoms with Gasteiger partial charge in [0.25, 0.3) is 0 Å². The van der Waals surface area contributed by atoms with Gasteiger partial charge in [-0.2, -0.15) is 0 Å². The van der Waals surface area contributed by atoms with Gasteiger partial charge >= 0.3 is 0 Å². The van der Waals surface area contributed by atoms with Crippen LogP contribution in [0.5, 0.6) is 0 Å². The largest absolute Gasteiger partial charge is 0.399 e. The summed E-state index contributed by atoms with van der Waals surface area (Å²) in [6.45, 7) is 0. The van der Waals surface area contributed by atoms with Crippen molar-refractivity contribution in [3.05, 3.63) is 59.0 Å². The van der Waals surface area contributed by atoms with E-state index in [0.717, 1.165) is 16.3 Å². The molecule has 0 saturated carbocycles. The van der Waals surface area contributed by atoms with Gasteiger partial charge in [-0.1, -0.05) is 18.2 Å². The van der Waals surface area contributed by atoms with E-state index in [1.807, 2.05) is 35.7 Å². The van der Waals surface area contributed by atoms with Crippen LogP contribution in [0.3, 0.4) is 0 Å². The first-order valence-electron chi connectivity index (χ1n) is 6.72. The minimum Gasteiger partial charge on any atom is -0.399 e. The van der Waals surface area contributed by atoms with Crippen molar-refractivity contribution in [3.63, 3.8) is 0 Å². The Morgan fingerprint density at radius 1 is 1.18 bits per heavy atom. The zero-order valence-corrected chi connectivity index (χ0v) is 12.5. The molecule has 22 heavy (non-hydrogen) atoms. The maximum Gasteiger partial charge on any atom is 0.232 e. The number of rotatable bonds is 4. The van der Waals surface area contributed by atoms with E-state index in [4.69, 9.17) is 5.73 Å². The van der Waals surface area contributed by atoms with Crippen LogP contribution < -0.4 is 11.1 Å². The normalized spacial score (nSPS) is 10.4. The van der Waals surface area contributed by atoms with E-state index in [2.05, 4.69) is 15.3 Å². The number of hydrogen-bond donors (Lipinski definition) is 2. The number of aromatic nitrogens is 2. The number of nitrogens with one attached hydrogen (secondary N) is 1. The smallest absolute Gasteiger partial charge is 0.232 e. The Balaban J connectivity index is 1.66. The van der Waals surface area contributed by atoms with Crippen LogP contribution in [0.25, 0.3) is 11.3 Å². The summed E-state index contributed by atoms with van der Waals surface area (Å²) in [5.74, 6) is 0.416. The summed E-state index contributed by atoms with van der Waals surface area (Å²) in [5.41, 5.74) is 8.23. The summed E-state index contributed by atoms with van der Waals surface area (Å²) in [6.07, 6.45) is 1.87. The molecular weight excluding hydrogens is 296 g/mol. The number of hydrogen-bond acceptors (Lipinski definition) is 5. The number of nitrogen functional groups attached to an aromatic ring is 1. The molecule has 110 valence electrons.